The van der Waals surface area contributed by atoms with Crippen molar-refractivity contribution in [3.05, 3.63) is 53.5 Å². The lowest BCUT2D eigenvalue weighted by Crippen LogP contribution is -2.07. The summed E-state index contributed by atoms with van der Waals surface area (Å²) in [4.78, 5) is 6.90. The van der Waals surface area contributed by atoms with Gasteiger partial charge in [-0.2, -0.15) is 0 Å². The van der Waals surface area contributed by atoms with Crippen molar-refractivity contribution in [3.8, 4) is 10.4 Å². The highest BCUT2D eigenvalue weighted by Crippen LogP contribution is 2.33. The smallest absolute Gasteiger partial charge is 0.0702 e. The molecule has 2 aromatic heterocycles. The molecule has 3 heteroatoms. The zero-order valence-electron chi connectivity index (χ0n) is 11.5. The first-order valence-electron chi connectivity index (χ1n) is 6.98. The predicted molar refractivity (Wildman–Crippen MR) is 86.9 cm³/mol. The molecule has 3 rings (SSSR count). The van der Waals surface area contributed by atoms with Gasteiger partial charge in [0.05, 0.1) is 5.52 Å². The summed E-state index contributed by atoms with van der Waals surface area (Å²) in [6.45, 7) is 2.17. The van der Waals surface area contributed by atoms with Crippen LogP contribution in [0.3, 0.4) is 0 Å². The van der Waals surface area contributed by atoms with E-state index in [-0.39, 0.29) is 6.04 Å². The monoisotopic (exact) mass is 282 g/mol. The summed E-state index contributed by atoms with van der Waals surface area (Å²) in [5, 5.41) is 1.18. The first kappa shape index (κ1) is 13.3. The molecular weight excluding hydrogens is 264 g/mol. The van der Waals surface area contributed by atoms with Crippen molar-refractivity contribution in [3.63, 3.8) is 0 Å². The van der Waals surface area contributed by atoms with E-state index in [2.05, 4.69) is 48.3 Å². The Morgan fingerprint density at radius 1 is 1.20 bits per heavy atom. The largest absolute Gasteiger partial charge is 0.323 e. The normalized spacial score (nSPS) is 12.7. The standard InChI is InChI=1S/C17H18N2S/c1-2-4-14(18)17-9-8-16(20-17)13-6-7-15-12(11-13)5-3-10-19-15/h3,5-11,14H,2,4,18H2,1H3. The highest BCUT2D eigenvalue weighted by molar-refractivity contribution is 7.15. The van der Waals surface area contributed by atoms with E-state index in [9.17, 15) is 0 Å². The Labute approximate surface area is 123 Å². The zero-order valence-corrected chi connectivity index (χ0v) is 12.4. The summed E-state index contributed by atoms with van der Waals surface area (Å²) in [6.07, 6.45) is 3.99. The fourth-order valence-corrected chi connectivity index (χ4v) is 3.43. The van der Waals surface area contributed by atoms with E-state index in [4.69, 9.17) is 5.73 Å². The van der Waals surface area contributed by atoms with Crippen molar-refractivity contribution in [2.45, 2.75) is 25.8 Å². The minimum Gasteiger partial charge on any atom is -0.323 e. The first-order chi connectivity index (χ1) is 9.78. The molecule has 0 fully saturated rings. The molecule has 3 aromatic rings. The van der Waals surface area contributed by atoms with Gasteiger partial charge in [-0.05, 0) is 42.3 Å². The molecule has 2 heterocycles. The topological polar surface area (TPSA) is 38.9 Å². The van der Waals surface area contributed by atoms with Crippen LogP contribution in [0.5, 0.6) is 0 Å². The molecule has 0 saturated heterocycles. The maximum Gasteiger partial charge on any atom is 0.0702 e. The Balaban J connectivity index is 1.94. The van der Waals surface area contributed by atoms with Crippen LogP contribution in [0.2, 0.25) is 0 Å². The van der Waals surface area contributed by atoms with Gasteiger partial charge in [0.1, 0.15) is 0 Å². The van der Waals surface area contributed by atoms with Gasteiger partial charge in [0.2, 0.25) is 0 Å². The number of benzene rings is 1. The Morgan fingerprint density at radius 3 is 2.95 bits per heavy atom. The maximum atomic E-state index is 6.19. The Bertz CT molecular complexity index is 718. The van der Waals surface area contributed by atoms with Crippen LogP contribution in [0.15, 0.2) is 48.7 Å². The molecular formula is C17H18N2S. The van der Waals surface area contributed by atoms with Crippen molar-refractivity contribution in [2.75, 3.05) is 0 Å². The molecule has 0 saturated carbocycles. The van der Waals surface area contributed by atoms with Gasteiger partial charge in [-0.3, -0.25) is 4.98 Å². The van der Waals surface area contributed by atoms with Crippen molar-refractivity contribution in [1.29, 1.82) is 0 Å². The fourth-order valence-electron chi connectivity index (χ4n) is 2.39. The van der Waals surface area contributed by atoms with Crippen molar-refractivity contribution in [2.24, 2.45) is 5.73 Å². The van der Waals surface area contributed by atoms with Crippen molar-refractivity contribution < 1.29 is 0 Å². The zero-order chi connectivity index (χ0) is 13.9. The quantitative estimate of drug-likeness (QED) is 0.749. The van der Waals surface area contributed by atoms with Gasteiger partial charge in [-0.1, -0.05) is 25.5 Å². The van der Waals surface area contributed by atoms with E-state index in [1.165, 1.54) is 20.7 Å². The number of thiophene rings is 1. The second-order valence-electron chi connectivity index (χ2n) is 5.01. The molecule has 102 valence electrons. The summed E-state index contributed by atoms with van der Waals surface area (Å²) in [7, 11) is 0. The van der Waals surface area contributed by atoms with Crippen molar-refractivity contribution >= 4 is 22.2 Å². The molecule has 1 unspecified atom stereocenters. The van der Waals surface area contributed by atoms with E-state index < -0.39 is 0 Å². The molecule has 0 aliphatic rings. The Hall–Kier alpha value is -1.71. The molecule has 0 radical (unpaired) electrons. The number of rotatable bonds is 4. The minimum absolute atomic E-state index is 0.167. The number of aromatic nitrogens is 1. The summed E-state index contributed by atoms with van der Waals surface area (Å²) < 4.78 is 0. The number of hydrogen-bond donors (Lipinski definition) is 1. The predicted octanol–water partition coefficient (Wildman–Crippen LogP) is 4.76. The third-order valence-electron chi connectivity index (χ3n) is 3.48. The number of pyridine rings is 1. The minimum atomic E-state index is 0.167. The van der Waals surface area contributed by atoms with E-state index >= 15 is 0 Å². The lowest BCUT2D eigenvalue weighted by atomic mass is 10.1. The molecule has 1 aromatic carbocycles. The second kappa shape index (κ2) is 5.73. The van der Waals surface area contributed by atoms with Crippen LogP contribution < -0.4 is 5.73 Å². The summed E-state index contributed by atoms with van der Waals surface area (Å²) in [6, 6.07) is 15.0. The molecule has 0 aliphatic carbocycles. The number of nitrogens with two attached hydrogens (primary N) is 1. The lowest BCUT2D eigenvalue weighted by molar-refractivity contribution is 0.648. The van der Waals surface area contributed by atoms with Gasteiger partial charge in [0, 0.05) is 27.4 Å². The third kappa shape index (κ3) is 2.60. The van der Waals surface area contributed by atoms with E-state index in [0.29, 0.717) is 0 Å². The van der Waals surface area contributed by atoms with Crippen LogP contribution in [-0.4, -0.2) is 4.98 Å². The van der Waals surface area contributed by atoms with E-state index in [1.54, 1.807) is 11.3 Å². The molecule has 2 nitrogen and oxygen atoms in total. The van der Waals surface area contributed by atoms with Gasteiger partial charge in [-0.15, -0.1) is 11.3 Å². The maximum absolute atomic E-state index is 6.19. The molecule has 0 spiro atoms. The number of fused-ring (bicyclic) bond motifs is 1. The average molecular weight is 282 g/mol. The van der Waals surface area contributed by atoms with Crippen LogP contribution in [0.25, 0.3) is 21.3 Å². The summed E-state index contributed by atoms with van der Waals surface area (Å²) in [5.74, 6) is 0. The first-order valence-corrected chi connectivity index (χ1v) is 7.80. The molecule has 2 N–H and O–H groups in total. The van der Waals surface area contributed by atoms with Crippen LogP contribution in [0.1, 0.15) is 30.7 Å². The van der Waals surface area contributed by atoms with Crippen LogP contribution >= 0.6 is 11.3 Å². The van der Waals surface area contributed by atoms with Gasteiger partial charge in [-0.25, -0.2) is 0 Å². The molecule has 0 bridgehead atoms. The summed E-state index contributed by atoms with van der Waals surface area (Å²) in [5.41, 5.74) is 8.47. The van der Waals surface area contributed by atoms with Gasteiger partial charge in [0.15, 0.2) is 0 Å². The van der Waals surface area contributed by atoms with Gasteiger partial charge in [0.25, 0.3) is 0 Å². The van der Waals surface area contributed by atoms with Gasteiger partial charge < -0.3 is 5.73 Å². The lowest BCUT2D eigenvalue weighted by Gasteiger charge is -2.06. The molecule has 0 amide bonds. The third-order valence-corrected chi connectivity index (χ3v) is 4.75. The number of nitrogens with zero attached hydrogens (tertiary/aromatic N) is 1. The molecule has 20 heavy (non-hydrogen) atoms. The SMILES string of the molecule is CCCC(N)c1ccc(-c2ccc3ncccc3c2)s1. The Morgan fingerprint density at radius 2 is 2.10 bits per heavy atom. The highest BCUT2D eigenvalue weighted by Gasteiger charge is 2.09. The number of hydrogen-bond acceptors (Lipinski definition) is 3. The van der Waals surface area contributed by atoms with Gasteiger partial charge >= 0.3 is 0 Å². The second-order valence-corrected chi connectivity index (χ2v) is 6.12. The van der Waals surface area contributed by atoms with Crippen LogP contribution in [0.4, 0.5) is 0 Å². The van der Waals surface area contributed by atoms with E-state index in [1.807, 2.05) is 12.3 Å². The fraction of sp³-hybridized carbons (Fsp3) is 0.235. The Kier molecular flexibility index (Phi) is 3.81. The van der Waals surface area contributed by atoms with Crippen LogP contribution in [0, 0.1) is 0 Å². The van der Waals surface area contributed by atoms with Crippen molar-refractivity contribution in [1.82, 2.24) is 4.98 Å². The summed E-state index contributed by atoms with van der Waals surface area (Å²) >= 11 is 1.80. The highest BCUT2D eigenvalue weighted by atomic mass is 32.1. The van der Waals surface area contributed by atoms with E-state index in [0.717, 1.165) is 18.4 Å². The average Bonchev–Trinajstić information content (AvgIpc) is 2.97. The molecule has 0 aliphatic heterocycles. The van der Waals surface area contributed by atoms with Crippen LogP contribution in [-0.2, 0) is 0 Å². The molecule has 1 atom stereocenters.